The number of fused-ring (bicyclic) bond motifs is 1. The second kappa shape index (κ2) is 3.41. The van der Waals surface area contributed by atoms with Crippen LogP contribution in [0.25, 0.3) is 10.8 Å². The zero-order valence-corrected chi connectivity index (χ0v) is 8.96. The van der Waals surface area contributed by atoms with Crippen molar-refractivity contribution in [3.63, 3.8) is 0 Å². The average Bonchev–Trinajstić information content (AvgIpc) is 2.17. The van der Waals surface area contributed by atoms with Crippen molar-refractivity contribution in [2.45, 2.75) is 27.2 Å². The van der Waals surface area contributed by atoms with E-state index in [1.165, 1.54) is 16.3 Å². The van der Waals surface area contributed by atoms with Gasteiger partial charge in [-0.3, -0.25) is 4.98 Å². The molecule has 0 fully saturated rings. The lowest BCUT2D eigenvalue weighted by atomic mass is 10.0. The molecule has 0 atom stereocenters. The van der Waals surface area contributed by atoms with Crippen LogP contribution in [0, 0.1) is 13.8 Å². The van der Waals surface area contributed by atoms with Gasteiger partial charge in [-0.25, -0.2) is 0 Å². The van der Waals surface area contributed by atoms with Crippen molar-refractivity contribution in [2.24, 2.45) is 0 Å². The van der Waals surface area contributed by atoms with E-state index in [9.17, 15) is 0 Å². The van der Waals surface area contributed by atoms with Gasteiger partial charge in [-0.05, 0) is 43.4 Å². The summed E-state index contributed by atoms with van der Waals surface area (Å²) in [5.74, 6) is 0. The number of aryl methyl sites for hydroxylation is 3. The average molecular weight is 185 g/mol. The molecular weight excluding hydrogens is 170 g/mol. The van der Waals surface area contributed by atoms with E-state index in [4.69, 9.17) is 0 Å². The van der Waals surface area contributed by atoms with Crippen LogP contribution in [-0.2, 0) is 6.42 Å². The molecule has 1 aromatic carbocycles. The van der Waals surface area contributed by atoms with Gasteiger partial charge in [0.25, 0.3) is 0 Å². The minimum absolute atomic E-state index is 1.09. The fraction of sp³-hybridized carbons (Fsp3) is 0.308. The maximum absolute atomic E-state index is 4.48. The van der Waals surface area contributed by atoms with Crippen LogP contribution in [-0.4, -0.2) is 4.98 Å². The van der Waals surface area contributed by atoms with Gasteiger partial charge in [0, 0.05) is 16.8 Å². The molecule has 0 aliphatic rings. The fourth-order valence-corrected chi connectivity index (χ4v) is 1.84. The molecule has 0 saturated heterocycles. The van der Waals surface area contributed by atoms with Crippen molar-refractivity contribution >= 4 is 10.8 Å². The van der Waals surface area contributed by atoms with E-state index in [2.05, 4.69) is 43.1 Å². The summed E-state index contributed by atoms with van der Waals surface area (Å²) in [6.45, 7) is 6.30. The monoisotopic (exact) mass is 185 g/mol. The van der Waals surface area contributed by atoms with Crippen LogP contribution in [0.4, 0.5) is 0 Å². The van der Waals surface area contributed by atoms with Crippen LogP contribution in [0.3, 0.4) is 0 Å². The Morgan fingerprint density at radius 1 is 1.14 bits per heavy atom. The highest BCUT2D eigenvalue weighted by molar-refractivity contribution is 5.85. The van der Waals surface area contributed by atoms with Gasteiger partial charge in [0.05, 0.1) is 0 Å². The highest BCUT2D eigenvalue weighted by Gasteiger charge is 2.00. The Balaban J connectivity index is 2.75. The molecule has 0 aliphatic heterocycles. The van der Waals surface area contributed by atoms with E-state index >= 15 is 0 Å². The van der Waals surface area contributed by atoms with Crippen molar-refractivity contribution in [3.8, 4) is 0 Å². The number of hydrogen-bond donors (Lipinski definition) is 0. The van der Waals surface area contributed by atoms with Crippen LogP contribution in [0.15, 0.2) is 24.3 Å². The molecule has 72 valence electrons. The van der Waals surface area contributed by atoms with Gasteiger partial charge in [0.15, 0.2) is 0 Å². The van der Waals surface area contributed by atoms with Crippen molar-refractivity contribution in [1.29, 1.82) is 0 Å². The lowest BCUT2D eigenvalue weighted by molar-refractivity contribution is 1.13. The number of aromatic nitrogens is 1. The molecule has 1 heteroatoms. The maximum atomic E-state index is 4.48. The highest BCUT2D eigenvalue weighted by atomic mass is 14.7. The molecule has 2 aromatic rings. The predicted octanol–water partition coefficient (Wildman–Crippen LogP) is 3.41. The Bertz CT molecular complexity index is 472. The van der Waals surface area contributed by atoms with Gasteiger partial charge in [0.2, 0.25) is 0 Å². The topological polar surface area (TPSA) is 12.9 Å². The molecule has 0 radical (unpaired) electrons. The van der Waals surface area contributed by atoms with Crippen molar-refractivity contribution in [1.82, 2.24) is 4.98 Å². The van der Waals surface area contributed by atoms with Crippen LogP contribution in [0.2, 0.25) is 0 Å². The lowest BCUT2D eigenvalue weighted by Crippen LogP contribution is -1.89. The van der Waals surface area contributed by atoms with E-state index in [1.54, 1.807) is 0 Å². The molecule has 0 spiro atoms. The fourth-order valence-electron chi connectivity index (χ4n) is 1.84. The second-order valence-corrected chi connectivity index (χ2v) is 3.76. The highest BCUT2D eigenvalue weighted by Crippen LogP contribution is 2.19. The van der Waals surface area contributed by atoms with Crippen LogP contribution in [0.5, 0.6) is 0 Å². The number of nitrogens with zero attached hydrogens (tertiary/aromatic N) is 1. The molecule has 0 N–H and O–H groups in total. The van der Waals surface area contributed by atoms with E-state index in [0.29, 0.717) is 0 Å². The third-order valence-electron chi connectivity index (χ3n) is 2.62. The number of hydrogen-bond acceptors (Lipinski definition) is 1. The summed E-state index contributed by atoms with van der Waals surface area (Å²) in [7, 11) is 0. The Morgan fingerprint density at radius 3 is 2.64 bits per heavy atom. The molecular formula is C13H15N. The van der Waals surface area contributed by atoms with Crippen LogP contribution >= 0.6 is 0 Å². The zero-order valence-electron chi connectivity index (χ0n) is 8.96. The van der Waals surface area contributed by atoms with E-state index in [0.717, 1.165) is 17.8 Å². The first-order valence-electron chi connectivity index (χ1n) is 5.07. The molecule has 0 unspecified atom stereocenters. The van der Waals surface area contributed by atoms with Gasteiger partial charge in [0.1, 0.15) is 0 Å². The Kier molecular flexibility index (Phi) is 2.24. The zero-order chi connectivity index (χ0) is 10.1. The smallest absolute Gasteiger partial charge is 0.0454 e. The SMILES string of the molecule is CCc1ccc2cc(C)nc(C)c2c1. The van der Waals surface area contributed by atoms with Crippen molar-refractivity contribution in [2.75, 3.05) is 0 Å². The van der Waals surface area contributed by atoms with Gasteiger partial charge < -0.3 is 0 Å². The standard InChI is InChI=1S/C13H15N/c1-4-11-5-6-12-7-9(2)14-10(3)13(12)8-11/h5-8H,4H2,1-3H3. The summed E-state index contributed by atoms with van der Waals surface area (Å²) in [5, 5.41) is 2.59. The van der Waals surface area contributed by atoms with Gasteiger partial charge in [-0.2, -0.15) is 0 Å². The first kappa shape index (κ1) is 9.20. The minimum Gasteiger partial charge on any atom is -0.258 e. The van der Waals surface area contributed by atoms with Crippen molar-refractivity contribution < 1.29 is 0 Å². The quantitative estimate of drug-likeness (QED) is 0.663. The molecule has 0 amide bonds. The summed E-state index contributed by atoms with van der Waals surface area (Å²) in [6.07, 6.45) is 1.09. The van der Waals surface area contributed by atoms with Gasteiger partial charge >= 0.3 is 0 Å². The normalized spacial score (nSPS) is 10.8. The number of rotatable bonds is 1. The van der Waals surface area contributed by atoms with Crippen LogP contribution < -0.4 is 0 Å². The van der Waals surface area contributed by atoms with E-state index in [1.807, 2.05) is 6.92 Å². The molecule has 0 aliphatic carbocycles. The summed E-state index contributed by atoms with van der Waals surface area (Å²) >= 11 is 0. The van der Waals surface area contributed by atoms with Crippen molar-refractivity contribution in [3.05, 3.63) is 41.2 Å². The molecule has 0 bridgehead atoms. The first-order chi connectivity index (χ1) is 6.70. The molecule has 1 heterocycles. The van der Waals surface area contributed by atoms with Gasteiger partial charge in [-0.1, -0.05) is 19.1 Å². The molecule has 0 saturated carbocycles. The molecule has 1 aromatic heterocycles. The number of pyridine rings is 1. The maximum Gasteiger partial charge on any atom is 0.0454 e. The lowest BCUT2D eigenvalue weighted by Gasteiger charge is -2.05. The Labute approximate surface area is 84.8 Å². The third-order valence-corrected chi connectivity index (χ3v) is 2.62. The number of benzene rings is 1. The van der Waals surface area contributed by atoms with E-state index in [-0.39, 0.29) is 0 Å². The van der Waals surface area contributed by atoms with E-state index < -0.39 is 0 Å². The molecule has 14 heavy (non-hydrogen) atoms. The summed E-state index contributed by atoms with van der Waals surface area (Å²) < 4.78 is 0. The summed E-state index contributed by atoms with van der Waals surface area (Å²) in [5.41, 5.74) is 3.61. The summed E-state index contributed by atoms with van der Waals surface area (Å²) in [4.78, 5) is 4.48. The first-order valence-corrected chi connectivity index (χ1v) is 5.07. The Morgan fingerprint density at radius 2 is 1.93 bits per heavy atom. The molecule has 2 rings (SSSR count). The Hall–Kier alpha value is -1.37. The summed E-state index contributed by atoms with van der Waals surface area (Å²) in [6, 6.07) is 8.77. The second-order valence-electron chi connectivity index (χ2n) is 3.76. The third kappa shape index (κ3) is 1.50. The predicted molar refractivity (Wildman–Crippen MR) is 60.6 cm³/mol. The largest absolute Gasteiger partial charge is 0.258 e. The molecule has 1 nitrogen and oxygen atoms in total. The minimum atomic E-state index is 1.09. The van der Waals surface area contributed by atoms with Gasteiger partial charge in [-0.15, -0.1) is 0 Å². The van der Waals surface area contributed by atoms with Crippen LogP contribution in [0.1, 0.15) is 23.9 Å².